The van der Waals surface area contributed by atoms with E-state index in [-0.39, 0.29) is 6.61 Å². The van der Waals surface area contributed by atoms with E-state index < -0.39 is 0 Å². The summed E-state index contributed by atoms with van der Waals surface area (Å²) in [5.41, 5.74) is 0.991. The molecule has 0 aliphatic rings. The molecule has 0 spiro atoms. The van der Waals surface area contributed by atoms with Crippen LogP contribution in [0.2, 0.25) is 0 Å². The predicted octanol–water partition coefficient (Wildman–Crippen LogP) is 1.34. The number of hydrogen-bond donors (Lipinski definition) is 1. The van der Waals surface area contributed by atoms with Crippen LogP contribution in [-0.4, -0.2) is 11.7 Å². The van der Waals surface area contributed by atoms with Crippen molar-refractivity contribution in [1.82, 2.24) is 0 Å². The molecule has 50 valence electrons. The first-order valence-electron chi connectivity index (χ1n) is 3.01. The van der Waals surface area contributed by atoms with E-state index in [4.69, 9.17) is 11.5 Å². The van der Waals surface area contributed by atoms with Crippen LogP contribution in [0.15, 0.2) is 11.6 Å². The Labute approximate surface area is 56.4 Å². The van der Waals surface area contributed by atoms with Gasteiger partial charge in [-0.05, 0) is 13.3 Å². The van der Waals surface area contributed by atoms with E-state index in [2.05, 4.69) is 5.92 Å². The standard InChI is InChI=1S/C8H12O/c1-3-4-5-6-8(2)7-9/h1,6,9H,4-5,7H2,2H3/b8-6+. The SMILES string of the molecule is C#CCC/C=C(\C)CO. The molecule has 0 saturated heterocycles. The van der Waals surface area contributed by atoms with Crippen molar-refractivity contribution in [3.63, 3.8) is 0 Å². The number of rotatable bonds is 3. The lowest BCUT2D eigenvalue weighted by Gasteiger charge is -1.90. The van der Waals surface area contributed by atoms with E-state index in [9.17, 15) is 0 Å². The lowest BCUT2D eigenvalue weighted by atomic mass is 10.2. The second-order valence-corrected chi connectivity index (χ2v) is 1.95. The van der Waals surface area contributed by atoms with Gasteiger partial charge in [-0.1, -0.05) is 11.6 Å². The highest BCUT2D eigenvalue weighted by Crippen LogP contribution is 1.95. The summed E-state index contributed by atoms with van der Waals surface area (Å²) in [6, 6.07) is 0. The number of aliphatic hydroxyl groups is 1. The Morgan fingerprint density at radius 1 is 1.78 bits per heavy atom. The third-order valence-electron chi connectivity index (χ3n) is 1.03. The summed E-state index contributed by atoms with van der Waals surface area (Å²) in [5, 5.41) is 8.51. The summed E-state index contributed by atoms with van der Waals surface area (Å²) < 4.78 is 0. The number of terminal acetylenes is 1. The monoisotopic (exact) mass is 124 g/mol. The zero-order chi connectivity index (χ0) is 7.11. The third-order valence-corrected chi connectivity index (χ3v) is 1.03. The Kier molecular flexibility index (Phi) is 4.95. The molecule has 0 amide bonds. The molecule has 1 heteroatoms. The molecule has 0 heterocycles. The molecule has 0 aromatic rings. The molecule has 0 atom stereocenters. The van der Waals surface area contributed by atoms with Gasteiger partial charge in [0.15, 0.2) is 0 Å². The fourth-order valence-corrected chi connectivity index (χ4v) is 0.466. The van der Waals surface area contributed by atoms with Crippen LogP contribution in [-0.2, 0) is 0 Å². The van der Waals surface area contributed by atoms with E-state index in [0.717, 1.165) is 18.4 Å². The predicted molar refractivity (Wildman–Crippen MR) is 38.9 cm³/mol. The van der Waals surface area contributed by atoms with Crippen molar-refractivity contribution in [3.05, 3.63) is 11.6 Å². The summed E-state index contributed by atoms with van der Waals surface area (Å²) in [6.07, 6.45) is 8.61. The van der Waals surface area contributed by atoms with Gasteiger partial charge in [-0.3, -0.25) is 0 Å². The van der Waals surface area contributed by atoms with Crippen molar-refractivity contribution < 1.29 is 5.11 Å². The molecule has 0 aliphatic carbocycles. The van der Waals surface area contributed by atoms with E-state index in [0.29, 0.717) is 0 Å². The summed E-state index contributed by atoms with van der Waals surface area (Å²) in [6.45, 7) is 2.03. The van der Waals surface area contributed by atoms with Crippen LogP contribution in [0, 0.1) is 12.3 Å². The minimum atomic E-state index is 0.143. The summed E-state index contributed by atoms with van der Waals surface area (Å²) >= 11 is 0. The van der Waals surface area contributed by atoms with E-state index >= 15 is 0 Å². The van der Waals surface area contributed by atoms with Gasteiger partial charge in [0.25, 0.3) is 0 Å². The molecule has 9 heavy (non-hydrogen) atoms. The van der Waals surface area contributed by atoms with Gasteiger partial charge in [0, 0.05) is 6.42 Å². The summed E-state index contributed by atoms with van der Waals surface area (Å²) in [5.74, 6) is 2.52. The molecule has 1 N–H and O–H groups in total. The molecular weight excluding hydrogens is 112 g/mol. The van der Waals surface area contributed by atoms with Crippen molar-refractivity contribution in [2.45, 2.75) is 19.8 Å². The first kappa shape index (κ1) is 8.26. The number of allylic oxidation sites excluding steroid dienone is 1. The molecule has 0 rings (SSSR count). The van der Waals surface area contributed by atoms with Gasteiger partial charge < -0.3 is 5.11 Å². The van der Waals surface area contributed by atoms with Crippen LogP contribution in [0.3, 0.4) is 0 Å². The molecular formula is C8H12O. The number of aliphatic hydroxyl groups excluding tert-OH is 1. The van der Waals surface area contributed by atoms with Crippen LogP contribution in [0.1, 0.15) is 19.8 Å². The Hall–Kier alpha value is -0.740. The highest BCUT2D eigenvalue weighted by atomic mass is 16.3. The van der Waals surface area contributed by atoms with Crippen LogP contribution >= 0.6 is 0 Å². The van der Waals surface area contributed by atoms with Crippen molar-refractivity contribution in [2.24, 2.45) is 0 Å². The van der Waals surface area contributed by atoms with Crippen molar-refractivity contribution in [2.75, 3.05) is 6.61 Å². The third kappa shape index (κ3) is 5.13. The fraction of sp³-hybridized carbons (Fsp3) is 0.500. The smallest absolute Gasteiger partial charge is 0.0639 e. The van der Waals surface area contributed by atoms with E-state index in [1.54, 1.807) is 0 Å². The molecule has 0 fully saturated rings. The van der Waals surface area contributed by atoms with Crippen molar-refractivity contribution in [1.29, 1.82) is 0 Å². The number of unbranched alkanes of at least 4 members (excludes halogenated alkanes) is 1. The van der Waals surface area contributed by atoms with Gasteiger partial charge >= 0.3 is 0 Å². The van der Waals surface area contributed by atoms with Gasteiger partial charge in [-0.25, -0.2) is 0 Å². The molecule has 0 bridgehead atoms. The maximum absolute atomic E-state index is 8.51. The maximum atomic E-state index is 8.51. The number of hydrogen-bond acceptors (Lipinski definition) is 1. The molecule has 0 saturated carbocycles. The van der Waals surface area contributed by atoms with Crippen molar-refractivity contribution in [3.8, 4) is 12.3 Å². The minimum absolute atomic E-state index is 0.143. The lowest BCUT2D eigenvalue weighted by Crippen LogP contribution is -1.82. The normalized spacial score (nSPS) is 11.0. The molecule has 0 radical (unpaired) electrons. The maximum Gasteiger partial charge on any atom is 0.0639 e. The van der Waals surface area contributed by atoms with Crippen LogP contribution in [0.4, 0.5) is 0 Å². The summed E-state index contributed by atoms with van der Waals surface area (Å²) in [4.78, 5) is 0. The second kappa shape index (κ2) is 5.40. The van der Waals surface area contributed by atoms with Gasteiger partial charge in [-0.2, -0.15) is 0 Å². The second-order valence-electron chi connectivity index (χ2n) is 1.95. The Morgan fingerprint density at radius 3 is 2.89 bits per heavy atom. The highest BCUT2D eigenvalue weighted by molar-refractivity contribution is 4.99. The molecule has 0 unspecified atom stereocenters. The highest BCUT2D eigenvalue weighted by Gasteiger charge is 1.82. The Balaban J connectivity index is 3.35. The topological polar surface area (TPSA) is 20.2 Å². The van der Waals surface area contributed by atoms with Crippen LogP contribution in [0.5, 0.6) is 0 Å². The van der Waals surface area contributed by atoms with Gasteiger partial charge in [-0.15, -0.1) is 12.3 Å². The molecule has 0 aliphatic heterocycles. The fourth-order valence-electron chi connectivity index (χ4n) is 0.466. The van der Waals surface area contributed by atoms with Crippen molar-refractivity contribution >= 4 is 0 Å². The van der Waals surface area contributed by atoms with Gasteiger partial charge in [0.1, 0.15) is 0 Å². The zero-order valence-electron chi connectivity index (χ0n) is 5.72. The average molecular weight is 124 g/mol. The van der Waals surface area contributed by atoms with E-state index in [1.165, 1.54) is 0 Å². The van der Waals surface area contributed by atoms with Gasteiger partial charge in [0.05, 0.1) is 6.61 Å². The van der Waals surface area contributed by atoms with Crippen LogP contribution in [0.25, 0.3) is 0 Å². The average Bonchev–Trinajstić information content (AvgIpc) is 1.89. The van der Waals surface area contributed by atoms with Gasteiger partial charge in [0.2, 0.25) is 0 Å². The molecule has 0 aromatic heterocycles. The first-order valence-corrected chi connectivity index (χ1v) is 3.01. The molecule has 1 nitrogen and oxygen atoms in total. The zero-order valence-corrected chi connectivity index (χ0v) is 5.72. The molecule has 0 aromatic carbocycles. The lowest BCUT2D eigenvalue weighted by molar-refractivity contribution is 0.331. The Morgan fingerprint density at radius 2 is 2.44 bits per heavy atom. The quantitative estimate of drug-likeness (QED) is 0.342. The largest absolute Gasteiger partial charge is 0.392 e. The minimum Gasteiger partial charge on any atom is -0.392 e. The Bertz CT molecular complexity index is 128. The van der Waals surface area contributed by atoms with Crippen LogP contribution < -0.4 is 0 Å². The summed E-state index contributed by atoms with van der Waals surface area (Å²) in [7, 11) is 0. The first-order chi connectivity index (χ1) is 4.31. The van der Waals surface area contributed by atoms with E-state index in [1.807, 2.05) is 13.0 Å².